The lowest BCUT2D eigenvalue weighted by Gasteiger charge is -2.08. The molecule has 0 bridgehead atoms. The molecular weight excluding hydrogens is 230 g/mol. The Kier molecular flexibility index (Phi) is 3.28. The molecule has 0 aromatic heterocycles. The summed E-state index contributed by atoms with van der Waals surface area (Å²) in [5, 5.41) is 10.5. The van der Waals surface area contributed by atoms with Gasteiger partial charge >= 0.3 is 0 Å². The zero-order valence-corrected chi connectivity index (χ0v) is 10.2. The van der Waals surface area contributed by atoms with Gasteiger partial charge in [-0.3, -0.25) is 10.1 Å². The minimum Gasteiger partial charge on any atom is -0.457 e. The van der Waals surface area contributed by atoms with Crippen LogP contribution in [0.3, 0.4) is 0 Å². The second-order valence-electron chi connectivity index (χ2n) is 4.12. The number of hydrogen-bond donors (Lipinski definition) is 0. The van der Waals surface area contributed by atoms with E-state index in [4.69, 9.17) is 4.74 Å². The first-order valence-electron chi connectivity index (χ1n) is 5.56. The van der Waals surface area contributed by atoms with Crippen LogP contribution in [0.25, 0.3) is 0 Å². The fraction of sp³-hybridized carbons (Fsp3) is 0.143. The van der Waals surface area contributed by atoms with E-state index in [0.29, 0.717) is 5.75 Å². The Morgan fingerprint density at radius 3 is 2.28 bits per heavy atom. The summed E-state index contributed by atoms with van der Waals surface area (Å²) in [6, 6.07) is 11.9. The van der Waals surface area contributed by atoms with E-state index in [1.54, 1.807) is 12.1 Å². The van der Waals surface area contributed by atoms with Crippen LogP contribution in [-0.2, 0) is 0 Å². The van der Waals surface area contributed by atoms with E-state index >= 15 is 0 Å². The third kappa shape index (κ3) is 2.66. The maximum Gasteiger partial charge on any atom is 0.269 e. The second-order valence-corrected chi connectivity index (χ2v) is 4.12. The number of rotatable bonds is 3. The van der Waals surface area contributed by atoms with Gasteiger partial charge in [-0.05, 0) is 37.6 Å². The third-order valence-electron chi connectivity index (χ3n) is 2.61. The molecule has 2 aromatic rings. The molecule has 2 rings (SSSR count). The van der Waals surface area contributed by atoms with Crippen molar-refractivity contribution in [3.8, 4) is 11.5 Å². The lowest BCUT2D eigenvalue weighted by Crippen LogP contribution is -1.90. The molecule has 0 heterocycles. The summed E-state index contributed by atoms with van der Waals surface area (Å²) in [6.07, 6.45) is 0. The fourth-order valence-corrected chi connectivity index (χ4v) is 1.68. The van der Waals surface area contributed by atoms with Crippen LogP contribution in [0.5, 0.6) is 11.5 Å². The molecule has 4 nitrogen and oxygen atoms in total. The monoisotopic (exact) mass is 243 g/mol. The lowest BCUT2D eigenvalue weighted by atomic mass is 10.1. The lowest BCUT2D eigenvalue weighted by molar-refractivity contribution is -0.384. The molecule has 0 N–H and O–H groups in total. The normalized spacial score (nSPS) is 10.1. The molecule has 0 atom stereocenters. The first-order valence-corrected chi connectivity index (χ1v) is 5.56. The molecule has 0 aliphatic rings. The summed E-state index contributed by atoms with van der Waals surface area (Å²) in [7, 11) is 0. The minimum absolute atomic E-state index is 0.0583. The summed E-state index contributed by atoms with van der Waals surface area (Å²) >= 11 is 0. The van der Waals surface area contributed by atoms with Crippen LogP contribution in [-0.4, -0.2) is 4.92 Å². The van der Waals surface area contributed by atoms with Gasteiger partial charge in [0.1, 0.15) is 11.5 Å². The van der Waals surface area contributed by atoms with Crippen LogP contribution >= 0.6 is 0 Å². The smallest absolute Gasteiger partial charge is 0.269 e. The number of benzene rings is 2. The Morgan fingerprint density at radius 2 is 1.72 bits per heavy atom. The van der Waals surface area contributed by atoms with Gasteiger partial charge in [-0.15, -0.1) is 0 Å². The van der Waals surface area contributed by atoms with Crippen molar-refractivity contribution < 1.29 is 9.66 Å². The van der Waals surface area contributed by atoms with Gasteiger partial charge < -0.3 is 4.74 Å². The molecular formula is C14H13NO3. The Bertz CT molecular complexity index is 576. The number of non-ortho nitro benzene ring substituents is 1. The molecule has 18 heavy (non-hydrogen) atoms. The standard InChI is InChI=1S/C14H13NO3/c1-10-3-8-14(11(2)9-10)18-13-6-4-12(5-7-13)15(16)17/h3-9H,1-2H3. The molecule has 4 heteroatoms. The van der Waals surface area contributed by atoms with E-state index in [2.05, 4.69) is 0 Å². The first-order chi connectivity index (χ1) is 8.56. The molecule has 0 aliphatic carbocycles. The molecule has 0 radical (unpaired) electrons. The number of nitro benzene ring substituents is 1. The Morgan fingerprint density at radius 1 is 1.06 bits per heavy atom. The summed E-state index contributed by atoms with van der Waals surface area (Å²) in [6.45, 7) is 3.98. The summed E-state index contributed by atoms with van der Waals surface area (Å²) < 4.78 is 5.68. The number of aryl methyl sites for hydroxylation is 2. The zero-order chi connectivity index (χ0) is 13.1. The largest absolute Gasteiger partial charge is 0.457 e. The first kappa shape index (κ1) is 12.1. The SMILES string of the molecule is Cc1ccc(Oc2ccc([N+](=O)[O-])cc2)c(C)c1. The zero-order valence-electron chi connectivity index (χ0n) is 10.2. The van der Waals surface area contributed by atoms with Crippen molar-refractivity contribution in [3.63, 3.8) is 0 Å². The van der Waals surface area contributed by atoms with Gasteiger partial charge in [0.25, 0.3) is 5.69 Å². The Labute approximate surface area is 105 Å². The molecule has 0 saturated heterocycles. The van der Waals surface area contributed by atoms with Gasteiger partial charge in [0.2, 0.25) is 0 Å². The number of ether oxygens (including phenoxy) is 1. The maximum atomic E-state index is 10.5. The maximum absolute atomic E-state index is 10.5. The second kappa shape index (κ2) is 4.87. The van der Waals surface area contributed by atoms with Gasteiger partial charge in [-0.2, -0.15) is 0 Å². The van der Waals surface area contributed by atoms with Crippen molar-refractivity contribution in [2.45, 2.75) is 13.8 Å². The molecule has 0 saturated carbocycles. The van der Waals surface area contributed by atoms with E-state index < -0.39 is 4.92 Å². The third-order valence-corrected chi connectivity index (χ3v) is 2.61. The van der Waals surface area contributed by atoms with E-state index in [1.807, 2.05) is 32.0 Å². The molecule has 0 aliphatic heterocycles. The van der Waals surface area contributed by atoms with Gasteiger partial charge in [-0.25, -0.2) is 0 Å². The Balaban J connectivity index is 2.21. The highest BCUT2D eigenvalue weighted by Gasteiger charge is 2.06. The van der Waals surface area contributed by atoms with Crippen LogP contribution < -0.4 is 4.74 Å². The highest BCUT2D eigenvalue weighted by Crippen LogP contribution is 2.26. The van der Waals surface area contributed by atoms with Gasteiger partial charge in [0, 0.05) is 12.1 Å². The number of nitro groups is 1. The van der Waals surface area contributed by atoms with Gasteiger partial charge in [-0.1, -0.05) is 17.7 Å². The van der Waals surface area contributed by atoms with E-state index in [-0.39, 0.29) is 5.69 Å². The van der Waals surface area contributed by atoms with Crippen molar-refractivity contribution in [1.29, 1.82) is 0 Å². The van der Waals surface area contributed by atoms with Crippen molar-refractivity contribution in [2.75, 3.05) is 0 Å². The van der Waals surface area contributed by atoms with Crippen LogP contribution in [0.2, 0.25) is 0 Å². The van der Waals surface area contributed by atoms with E-state index in [1.165, 1.54) is 17.7 Å². The van der Waals surface area contributed by atoms with Gasteiger partial charge in [0.15, 0.2) is 0 Å². The highest BCUT2D eigenvalue weighted by atomic mass is 16.6. The fourth-order valence-electron chi connectivity index (χ4n) is 1.68. The van der Waals surface area contributed by atoms with Crippen LogP contribution in [0.1, 0.15) is 11.1 Å². The van der Waals surface area contributed by atoms with E-state index in [0.717, 1.165) is 11.3 Å². The summed E-state index contributed by atoms with van der Waals surface area (Å²) in [4.78, 5) is 10.1. The Hall–Kier alpha value is -2.36. The van der Waals surface area contributed by atoms with Crippen molar-refractivity contribution in [3.05, 3.63) is 63.7 Å². The number of nitrogens with zero attached hydrogens (tertiary/aromatic N) is 1. The van der Waals surface area contributed by atoms with Crippen molar-refractivity contribution >= 4 is 5.69 Å². The summed E-state index contributed by atoms with van der Waals surface area (Å²) in [5.74, 6) is 1.35. The predicted octanol–water partition coefficient (Wildman–Crippen LogP) is 4.00. The van der Waals surface area contributed by atoms with Crippen LogP contribution in [0.15, 0.2) is 42.5 Å². The van der Waals surface area contributed by atoms with Crippen molar-refractivity contribution in [2.24, 2.45) is 0 Å². The number of hydrogen-bond acceptors (Lipinski definition) is 3. The topological polar surface area (TPSA) is 52.4 Å². The van der Waals surface area contributed by atoms with Gasteiger partial charge in [0.05, 0.1) is 4.92 Å². The quantitative estimate of drug-likeness (QED) is 0.604. The average Bonchev–Trinajstić information content (AvgIpc) is 2.33. The molecule has 0 amide bonds. The van der Waals surface area contributed by atoms with Crippen LogP contribution in [0.4, 0.5) is 5.69 Å². The van der Waals surface area contributed by atoms with Crippen molar-refractivity contribution in [1.82, 2.24) is 0 Å². The minimum atomic E-state index is -0.430. The highest BCUT2D eigenvalue weighted by molar-refractivity contribution is 5.42. The molecule has 0 unspecified atom stereocenters. The molecule has 92 valence electrons. The van der Waals surface area contributed by atoms with Crippen LogP contribution in [0, 0.1) is 24.0 Å². The molecule has 0 fully saturated rings. The van der Waals surface area contributed by atoms with E-state index in [9.17, 15) is 10.1 Å². The summed E-state index contributed by atoms with van der Waals surface area (Å²) in [5.41, 5.74) is 2.26. The molecule has 2 aromatic carbocycles. The molecule has 0 spiro atoms. The predicted molar refractivity (Wildman–Crippen MR) is 69.1 cm³/mol. The average molecular weight is 243 g/mol.